The standard InChI is InChI=1S/C16H29N3/c1-4-9-17-16(5-2)14-11-18-19(12-14)15-8-6-7-13(3)10-15/h11-13,15-17H,4-10H2,1-3H3. The summed E-state index contributed by atoms with van der Waals surface area (Å²) in [5, 5.41) is 8.23. The van der Waals surface area contributed by atoms with Gasteiger partial charge in [-0.15, -0.1) is 0 Å². The van der Waals surface area contributed by atoms with Gasteiger partial charge in [-0.3, -0.25) is 4.68 Å². The zero-order valence-electron chi connectivity index (χ0n) is 12.7. The predicted molar refractivity (Wildman–Crippen MR) is 80.2 cm³/mol. The first-order chi connectivity index (χ1) is 9.24. The lowest BCUT2D eigenvalue weighted by molar-refractivity contribution is 0.266. The molecule has 0 amide bonds. The molecule has 3 atom stereocenters. The van der Waals surface area contributed by atoms with E-state index in [2.05, 4.69) is 48.3 Å². The minimum absolute atomic E-state index is 0.467. The lowest BCUT2D eigenvalue weighted by Crippen LogP contribution is -2.21. The Morgan fingerprint density at radius 3 is 2.95 bits per heavy atom. The van der Waals surface area contributed by atoms with Crippen LogP contribution in [0.1, 0.15) is 76.9 Å². The fourth-order valence-corrected chi connectivity index (χ4v) is 3.19. The highest BCUT2D eigenvalue weighted by Gasteiger charge is 2.21. The summed E-state index contributed by atoms with van der Waals surface area (Å²) >= 11 is 0. The summed E-state index contributed by atoms with van der Waals surface area (Å²) in [7, 11) is 0. The molecule has 3 nitrogen and oxygen atoms in total. The highest BCUT2D eigenvalue weighted by molar-refractivity contribution is 5.10. The second-order valence-electron chi connectivity index (χ2n) is 6.09. The highest BCUT2D eigenvalue weighted by atomic mass is 15.3. The number of rotatable bonds is 6. The van der Waals surface area contributed by atoms with Crippen LogP contribution < -0.4 is 5.32 Å². The number of nitrogens with one attached hydrogen (secondary N) is 1. The van der Waals surface area contributed by atoms with Gasteiger partial charge in [-0.25, -0.2) is 0 Å². The molecule has 2 rings (SSSR count). The van der Waals surface area contributed by atoms with Crippen molar-refractivity contribution in [2.45, 2.75) is 71.4 Å². The van der Waals surface area contributed by atoms with Crippen LogP contribution in [-0.4, -0.2) is 16.3 Å². The van der Waals surface area contributed by atoms with Crippen molar-refractivity contribution in [3.63, 3.8) is 0 Å². The van der Waals surface area contributed by atoms with Crippen LogP contribution in [-0.2, 0) is 0 Å². The summed E-state index contributed by atoms with van der Waals surface area (Å²) in [6, 6.07) is 1.09. The maximum absolute atomic E-state index is 4.63. The van der Waals surface area contributed by atoms with Gasteiger partial charge >= 0.3 is 0 Å². The average Bonchev–Trinajstić information content (AvgIpc) is 2.89. The number of hydrogen-bond acceptors (Lipinski definition) is 2. The third-order valence-electron chi connectivity index (χ3n) is 4.36. The molecule has 0 aliphatic heterocycles. The molecule has 0 bridgehead atoms. The van der Waals surface area contributed by atoms with Gasteiger partial charge in [-0.05, 0) is 38.1 Å². The molecule has 1 aliphatic rings. The molecule has 0 saturated heterocycles. The van der Waals surface area contributed by atoms with E-state index in [1.165, 1.54) is 37.7 Å². The molecule has 3 unspecified atom stereocenters. The topological polar surface area (TPSA) is 29.9 Å². The van der Waals surface area contributed by atoms with Crippen LogP contribution in [0.3, 0.4) is 0 Å². The van der Waals surface area contributed by atoms with Gasteiger partial charge in [-0.2, -0.15) is 5.10 Å². The van der Waals surface area contributed by atoms with E-state index in [1.807, 2.05) is 0 Å². The van der Waals surface area contributed by atoms with E-state index in [1.54, 1.807) is 0 Å². The van der Waals surface area contributed by atoms with Gasteiger partial charge in [0.1, 0.15) is 0 Å². The first-order valence-corrected chi connectivity index (χ1v) is 8.02. The van der Waals surface area contributed by atoms with Crippen molar-refractivity contribution in [3.8, 4) is 0 Å². The van der Waals surface area contributed by atoms with Crippen molar-refractivity contribution in [3.05, 3.63) is 18.0 Å². The van der Waals surface area contributed by atoms with Crippen LogP contribution in [0.25, 0.3) is 0 Å². The molecular formula is C16H29N3. The molecule has 1 saturated carbocycles. The molecule has 0 spiro atoms. The molecule has 1 fully saturated rings. The Morgan fingerprint density at radius 2 is 2.26 bits per heavy atom. The van der Waals surface area contributed by atoms with E-state index in [9.17, 15) is 0 Å². The molecule has 1 aliphatic carbocycles. The third kappa shape index (κ3) is 3.82. The van der Waals surface area contributed by atoms with E-state index in [0.29, 0.717) is 12.1 Å². The molecule has 0 aromatic carbocycles. The van der Waals surface area contributed by atoms with Gasteiger partial charge in [0, 0.05) is 17.8 Å². The quantitative estimate of drug-likeness (QED) is 0.838. The summed E-state index contributed by atoms with van der Waals surface area (Å²) in [5.74, 6) is 0.853. The molecule has 1 heterocycles. The largest absolute Gasteiger partial charge is 0.310 e. The maximum Gasteiger partial charge on any atom is 0.0537 e. The lowest BCUT2D eigenvalue weighted by atomic mass is 9.87. The van der Waals surface area contributed by atoms with E-state index in [0.717, 1.165) is 18.9 Å². The van der Waals surface area contributed by atoms with E-state index in [-0.39, 0.29) is 0 Å². The maximum atomic E-state index is 4.63. The first-order valence-electron chi connectivity index (χ1n) is 8.02. The molecule has 3 heteroatoms. The van der Waals surface area contributed by atoms with Crippen molar-refractivity contribution in [1.29, 1.82) is 0 Å². The Balaban J connectivity index is 2.00. The van der Waals surface area contributed by atoms with E-state index >= 15 is 0 Å². The minimum Gasteiger partial charge on any atom is -0.310 e. The Labute approximate surface area is 117 Å². The fourth-order valence-electron chi connectivity index (χ4n) is 3.19. The van der Waals surface area contributed by atoms with Crippen LogP contribution in [0, 0.1) is 5.92 Å². The lowest BCUT2D eigenvalue weighted by Gasteiger charge is -2.27. The van der Waals surface area contributed by atoms with Gasteiger partial charge in [0.2, 0.25) is 0 Å². The highest BCUT2D eigenvalue weighted by Crippen LogP contribution is 2.32. The molecule has 108 valence electrons. The van der Waals surface area contributed by atoms with Crippen LogP contribution in [0.4, 0.5) is 0 Å². The van der Waals surface area contributed by atoms with Crippen molar-refractivity contribution >= 4 is 0 Å². The van der Waals surface area contributed by atoms with Gasteiger partial charge in [0.05, 0.1) is 12.2 Å². The Morgan fingerprint density at radius 1 is 1.42 bits per heavy atom. The van der Waals surface area contributed by atoms with Gasteiger partial charge in [0.15, 0.2) is 0 Å². The molecule has 1 N–H and O–H groups in total. The second-order valence-corrected chi connectivity index (χ2v) is 6.09. The molecule has 19 heavy (non-hydrogen) atoms. The van der Waals surface area contributed by atoms with Crippen molar-refractivity contribution in [1.82, 2.24) is 15.1 Å². The van der Waals surface area contributed by atoms with E-state index in [4.69, 9.17) is 0 Å². The van der Waals surface area contributed by atoms with Gasteiger partial charge < -0.3 is 5.32 Å². The first kappa shape index (κ1) is 14.6. The normalized spacial score (nSPS) is 25.4. The Hall–Kier alpha value is -0.830. The Kier molecular flexibility index (Phi) is 5.44. The van der Waals surface area contributed by atoms with Crippen molar-refractivity contribution in [2.24, 2.45) is 5.92 Å². The fraction of sp³-hybridized carbons (Fsp3) is 0.812. The zero-order valence-corrected chi connectivity index (χ0v) is 12.7. The van der Waals surface area contributed by atoms with Gasteiger partial charge in [-0.1, -0.05) is 33.6 Å². The predicted octanol–water partition coefficient (Wildman–Crippen LogP) is 4.09. The molecule has 1 aromatic heterocycles. The van der Waals surface area contributed by atoms with Crippen molar-refractivity contribution < 1.29 is 0 Å². The summed E-state index contributed by atoms with van der Waals surface area (Å²) in [4.78, 5) is 0. The Bertz CT molecular complexity index is 372. The smallest absolute Gasteiger partial charge is 0.0537 e. The average molecular weight is 263 g/mol. The SMILES string of the molecule is CCCNC(CC)c1cnn(C2CCCC(C)C2)c1. The summed E-state index contributed by atoms with van der Waals surface area (Å²) in [6.07, 6.45) is 12.0. The van der Waals surface area contributed by atoms with Gasteiger partial charge in [0.25, 0.3) is 0 Å². The van der Waals surface area contributed by atoms with Crippen LogP contribution in [0.5, 0.6) is 0 Å². The van der Waals surface area contributed by atoms with Crippen LogP contribution >= 0.6 is 0 Å². The molecule has 1 aromatic rings. The monoisotopic (exact) mass is 263 g/mol. The second kappa shape index (κ2) is 7.09. The number of aromatic nitrogens is 2. The molecular weight excluding hydrogens is 234 g/mol. The summed E-state index contributed by atoms with van der Waals surface area (Å²) < 4.78 is 2.22. The van der Waals surface area contributed by atoms with Crippen molar-refractivity contribution in [2.75, 3.05) is 6.54 Å². The summed E-state index contributed by atoms with van der Waals surface area (Å²) in [6.45, 7) is 7.91. The zero-order chi connectivity index (χ0) is 13.7. The number of hydrogen-bond donors (Lipinski definition) is 1. The van der Waals surface area contributed by atoms with Crippen LogP contribution in [0.2, 0.25) is 0 Å². The minimum atomic E-state index is 0.467. The van der Waals surface area contributed by atoms with E-state index < -0.39 is 0 Å². The van der Waals surface area contributed by atoms with Crippen LogP contribution in [0.15, 0.2) is 12.4 Å². The third-order valence-corrected chi connectivity index (χ3v) is 4.36. The number of nitrogens with zero attached hydrogens (tertiary/aromatic N) is 2. The summed E-state index contributed by atoms with van der Waals surface area (Å²) in [5.41, 5.74) is 1.36. The molecule has 0 radical (unpaired) electrons.